The number of nitrogens with zero attached hydrogens (tertiary/aromatic N) is 2. The molecule has 0 saturated carbocycles. The molecule has 2 aliphatic heterocycles. The van der Waals surface area contributed by atoms with Crippen molar-refractivity contribution < 1.29 is 19.2 Å². The van der Waals surface area contributed by atoms with Crippen LogP contribution in [0.5, 0.6) is 0 Å². The van der Waals surface area contributed by atoms with E-state index in [2.05, 4.69) is 28.1 Å². The predicted octanol–water partition coefficient (Wildman–Crippen LogP) is 2.31. The SMILES string of the molecule is CN[C@@H](C)C(=O)N[C@H]1CN(C(=O)CC(C)C)CC[C@H]2C[C@@H](C(=O)NCc3ccc(-c4ccccc4)cc3)N2C1=O. The van der Waals surface area contributed by atoms with Crippen molar-refractivity contribution in [2.45, 2.75) is 70.7 Å². The van der Waals surface area contributed by atoms with Gasteiger partial charge in [0.15, 0.2) is 0 Å². The molecule has 2 saturated heterocycles. The van der Waals surface area contributed by atoms with Crippen molar-refractivity contribution in [2.24, 2.45) is 5.92 Å². The minimum absolute atomic E-state index is 0.0240. The number of carbonyl (C=O) groups excluding carboxylic acids is 4. The van der Waals surface area contributed by atoms with Crippen molar-refractivity contribution in [1.29, 1.82) is 0 Å². The van der Waals surface area contributed by atoms with Gasteiger partial charge in [-0.2, -0.15) is 0 Å². The molecule has 0 aromatic heterocycles. The van der Waals surface area contributed by atoms with Gasteiger partial charge in [-0.15, -0.1) is 0 Å². The lowest BCUT2D eigenvalue weighted by atomic mass is 9.87. The number of hydrogen-bond acceptors (Lipinski definition) is 5. The number of rotatable bonds is 9. The summed E-state index contributed by atoms with van der Waals surface area (Å²) in [5, 5.41) is 8.70. The van der Waals surface area contributed by atoms with Gasteiger partial charge < -0.3 is 25.8 Å². The Hall–Kier alpha value is -3.72. The van der Waals surface area contributed by atoms with Crippen molar-refractivity contribution in [1.82, 2.24) is 25.8 Å². The van der Waals surface area contributed by atoms with E-state index >= 15 is 0 Å². The van der Waals surface area contributed by atoms with Crippen molar-refractivity contribution in [2.75, 3.05) is 20.1 Å². The first-order chi connectivity index (χ1) is 19.2. The summed E-state index contributed by atoms with van der Waals surface area (Å²) < 4.78 is 0. The van der Waals surface area contributed by atoms with Crippen molar-refractivity contribution in [3.05, 3.63) is 60.2 Å². The zero-order valence-electron chi connectivity index (χ0n) is 23.9. The molecular formula is C31H41N5O4. The van der Waals surface area contributed by atoms with Crippen LogP contribution in [0.15, 0.2) is 54.6 Å². The summed E-state index contributed by atoms with van der Waals surface area (Å²) in [5.74, 6) is -0.686. The normalized spacial score (nSPS) is 21.5. The van der Waals surface area contributed by atoms with Crippen LogP contribution in [0.25, 0.3) is 11.1 Å². The van der Waals surface area contributed by atoms with E-state index in [1.165, 1.54) is 0 Å². The monoisotopic (exact) mass is 547 g/mol. The average Bonchev–Trinajstić information content (AvgIpc) is 2.93. The summed E-state index contributed by atoms with van der Waals surface area (Å²) in [4.78, 5) is 55.9. The minimum Gasteiger partial charge on any atom is -0.350 e. The highest BCUT2D eigenvalue weighted by Crippen LogP contribution is 2.31. The van der Waals surface area contributed by atoms with E-state index in [9.17, 15) is 19.2 Å². The maximum atomic E-state index is 13.7. The number of carbonyl (C=O) groups is 4. The molecule has 2 aromatic carbocycles. The summed E-state index contributed by atoms with van der Waals surface area (Å²) in [5.41, 5.74) is 3.20. The summed E-state index contributed by atoms with van der Waals surface area (Å²) in [6.07, 6.45) is 1.52. The Morgan fingerprint density at radius 2 is 1.65 bits per heavy atom. The van der Waals surface area contributed by atoms with Crippen LogP contribution in [-0.2, 0) is 25.7 Å². The van der Waals surface area contributed by atoms with Crippen LogP contribution < -0.4 is 16.0 Å². The molecule has 4 amide bonds. The predicted molar refractivity (Wildman–Crippen MR) is 154 cm³/mol. The molecule has 2 fully saturated rings. The Morgan fingerprint density at radius 1 is 0.975 bits per heavy atom. The van der Waals surface area contributed by atoms with Gasteiger partial charge in [0.05, 0.1) is 6.04 Å². The van der Waals surface area contributed by atoms with Crippen molar-refractivity contribution in [3.8, 4) is 11.1 Å². The third-order valence-corrected chi connectivity index (χ3v) is 7.82. The van der Waals surface area contributed by atoms with Crippen LogP contribution in [-0.4, -0.2) is 77.7 Å². The van der Waals surface area contributed by atoms with Gasteiger partial charge in [-0.1, -0.05) is 68.4 Å². The highest BCUT2D eigenvalue weighted by atomic mass is 16.2. The van der Waals surface area contributed by atoms with E-state index in [1.54, 1.807) is 23.8 Å². The fraction of sp³-hybridized carbons (Fsp3) is 0.484. The number of amides is 4. The maximum absolute atomic E-state index is 13.7. The number of likely N-dealkylation sites (N-methyl/N-ethyl adjacent to an activating group) is 1. The Balaban J connectivity index is 1.42. The first-order valence-corrected chi connectivity index (χ1v) is 14.2. The molecule has 40 heavy (non-hydrogen) atoms. The molecule has 4 atom stereocenters. The Kier molecular flexibility index (Phi) is 9.58. The molecule has 214 valence electrons. The molecule has 2 heterocycles. The largest absolute Gasteiger partial charge is 0.350 e. The van der Waals surface area contributed by atoms with Crippen molar-refractivity contribution in [3.63, 3.8) is 0 Å². The van der Waals surface area contributed by atoms with Gasteiger partial charge in [-0.25, -0.2) is 0 Å². The standard InChI is InChI=1S/C31H41N5O4/c1-20(2)16-28(37)35-15-14-25-17-27(36(25)31(40)26(19-35)34-29(38)21(3)32-4)30(39)33-18-22-10-12-24(13-11-22)23-8-6-5-7-9-23/h5-13,20-21,25-27,32H,14-19H2,1-4H3,(H,33,39)(H,34,38)/t21-,25-,26-,27-/m0/s1. The van der Waals surface area contributed by atoms with Crippen LogP contribution >= 0.6 is 0 Å². The Bertz CT molecular complexity index is 1200. The number of benzene rings is 2. The van der Waals surface area contributed by atoms with E-state index in [4.69, 9.17) is 0 Å². The second-order valence-corrected chi connectivity index (χ2v) is 11.2. The quantitative estimate of drug-likeness (QED) is 0.446. The van der Waals surface area contributed by atoms with Gasteiger partial charge in [0.1, 0.15) is 12.1 Å². The van der Waals surface area contributed by atoms with Crippen molar-refractivity contribution >= 4 is 23.6 Å². The molecule has 2 aliphatic rings. The Morgan fingerprint density at radius 3 is 2.30 bits per heavy atom. The van der Waals surface area contributed by atoms with Gasteiger partial charge in [0, 0.05) is 32.1 Å². The lowest BCUT2D eigenvalue weighted by Gasteiger charge is -2.51. The van der Waals surface area contributed by atoms with E-state index in [1.807, 2.05) is 56.3 Å². The average molecular weight is 548 g/mol. The van der Waals surface area contributed by atoms with Crippen LogP contribution in [0.1, 0.15) is 45.6 Å². The van der Waals surface area contributed by atoms with E-state index in [0.717, 1.165) is 16.7 Å². The number of hydrogen-bond donors (Lipinski definition) is 3. The fourth-order valence-electron chi connectivity index (χ4n) is 5.29. The van der Waals surface area contributed by atoms with Gasteiger partial charge in [-0.3, -0.25) is 19.2 Å². The topological polar surface area (TPSA) is 111 Å². The summed E-state index contributed by atoms with van der Waals surface area (Å²) in [6, 6.07) is 16.0. The lowest BCUT2D eigenvalue weighted by molar-refractivity contribution is -0.160. The molecule has 2 aromatic rings. The highest BCUT2D eigenvalue weighted by Gasteiger charge is 2.49. The maximum Gasteiger partial charge on any atom is 0.247 e. The van der Waals surface area contributed by atoms with Crippen LogP contribution in [0.4, 0.5) is 0 Å². The summed E-state index contributed by atoms with van der Waals surface area (Å²) >= 11 is 0. The van der Waals surface area contributed by atoms with E-state index < -0.39 is 18.1 Å². The fourth-order valence-corrected chi connectivity index (χ4v) is 5.29. The molecule has 0 radical (unpaired) electrons. The number of nitrogens with one attached hydrogen (secondary N) is 3. The molecule has 0 unspecified atom stereocenters. The molecule has 0 spiro atoms. The number of fused-ring (bicyclic) bond motifs is 1. The first kappa shape index (κ1) is 29.3. The van der Waals surface area contributed by atoms with Crippen LogP contribution in [0.3, 0.4) is 0 Å². The molecule has 0 bridgehead atoms. The molecule has 9 heteroatoms. The van der Waals surface area contributed by atoms with Gasteiger partial charge >= 0.3 is 0 Å². The van der Waals surface area contributed by atoms with Crippen LogP contribution in [0, 0.1) is 5.92 Å². The first-order valence-electron chi connectivity index (χ1n) is 14.2. The van der Waals surface area contributed by atoms with Crippen LogP contribution in [0.2, 0.25) is 0 Å². The zero-order chi connectivity index (χ0) is 28.8. The molecular weight excluding hydrogens is 506 g/mol. The van der Waals surface area contributed by atoms with E-state index in [-0.39, 0.29) is 42.1 Å². The van der Waals surface area contributed by atoms with E-state index in [0.29, 0.717) is 32.4 Å². The summed E-state index contributed by atoms with van der Waals surface area (Å²) in [7, 11) is 1.67. The zero-order valence-corrected chi connectivity index (χ0v) is 23.9. The molecule has 3 N–H and O–H groups in total. The second kappa shape index (κ2) is 13.1. The third-order valence-electron chi connectivity index (χ3n) is 7.82. The Labute approximate surface area is 236 Å². The second-order valence-electron chi connectivity index (χ2n) is 11.2. The van der Waals surface area contributed by atoms with Gasteiger partial charge in [0.2, 0.25) is 23.6 Å². The molecule has 4 rings (SSSR count). The highest BCUT2D eigenvalue weighted by molar-refractivity contribution is 5.95. The smallest absolute Gasteiger partial charge is 0.247 e. The molecule has 9 nitrogen and oxygen atoms in total. The van der Waals surface area contributed by atoms with Gasteiger partial charge in [-0.05, 0) is 49.4 Å². The van der Waals surface area contributed by atoms with Gasteiger partial charge in [0.25, 0.3) is 0 Å². The third kappa shape index (κ3) is 6.88. The lowest BCUT2D eigenvalue weighted by Crippen LogP contribution is -2.70. The molecule has 0 aliphatic carbocycles. The minimum atomic E-state index is -0.914. The summed E-state index contributed by atoms with van der Waals surface area (Å²) in [6.45, 7) is 6.60.